The highest BCUT2D eigenvalue weighted by molar-refractivity contribution is 5.97. The number of fused-ring (bicyclic) bond motifs is 7. The quantitative estimate of drug-likeness (QED) is 0.223. The van der Waals surface area contributed by atoms with Crippen LogP contribution in [-0.4, -0.2) is 22.7 Å². The molecule has 1 N–H and O–H groups in total. The molecule has 0 bridgehead atoms. The van der Waals surface area contributed by atoms with Crippen LogP contribution in [0.25, 0.3) is 0 Å². The molecule has 0 unspecified atom stereocenters. The van der Waals surface area contributed by atoms with Crippen LogP contribution in [0.2, 0.25) is 0 Å². The minimum absolute atomic E-state index is 0.0489. The Bertz CT molecular complexity index is 1350. The molecule has 0 aromatic heterocycles. The summed E-state index contributed by atoms with van der Waals surface area (Å²) in [6.07, 6.45) is 10.5. The van der Waals surface area contributed by atoms with Gasteiger partial charge in [-0.1, -0.05) is 82.6 Å². The Morgan fingerprint density at radius 3 is 2.33 bits per heavy atom. The van der Waals surface area contributed by atoms with E-state index in [4.69, 9.17) is 4.74 Å². The third kappa shape index (κ3) is 3.97. The van der Waals surface area contributed by atoms with Crippen molar-refractivity contribution >= 4 is 17.5 Å². The molecule has 8 atom stereocenters. The fraction of sp³-hybridized carbons (Fsp3) is 0.703. The Hall–Kier alpha value is -2.43. The molecule has 0 saturated heterocycles. The molecule has 0 spiro atoms. The second-order valence-corrected chi connectivity index (χ2v) is 16.6. The van der Waals surface area contributed by atoms with Crippen molar-refractivity contribution in [3.63, 3.8) is 0 Å². The maximum Gasteiger partial charge on any atom is 0.312 e. The number of oxime groups is 1. The minimum atomic E-state index is -0.560. The number of ketones is 1. The Kier molecular flexibility index (Phi) is 6.73. The van der Waals surface area contributed by atoms with Crippen molar-refractivity contribution in [2.75, 3.05) is 0 Å². The summed E-state index contributed by atoms with van der Waals surface area (Å²) in [5.41, 5.74) is 2.13. The van der Waals surface area contributed by atoms with Crippen LogP contribution in [0, 0.1) is 50.2 Å². The van der Waals surface area contributed by atoms with E-state index in [1.807, 2.05) is 30.3 Å². The summed E-state index contributed by atoms with van der Waals surface area (Å²) in [5, 5.41) is 13.6. The van der Waals surface area contributed by atoms with Crippen LogP contribution in [0.5, 0.6) is 0 Å². The molecule has 4 fully saturated rings. The largest absolute Gasteiger partial charge is 0.460 e. The molecule has 0 aliphatic heterocycles. The second-order valence-electron chi connectivity index (χ2n) is 16.6. The van der Waals surface area contributed by atoms with Gasteiger partial charge in [0, 0.05) is 11.3 Å². The number of rotatable bonds is 3. The van der Waals surface area contributed by atoms with Crippen molar-refractivity contribution in [2.24, 2.45) is 55.4 Å². The van der Waals surface area contributed by atoms with Gasteiger partial charge in [-0.15, -0.1) is 0 Å². The predicted octanol–water partition coefficient (Wildman–Crippen LogP) is 8.54. The van der Waals surface area contributed by atoms with Gasteiger partial charge >= 0.3 is 5.97 Å². The van der Waals surface area contributed by atoms with Crippen LogP contribution in [0.1, 0.15) is 112 Å². The normalized spacial score (nSPS) is 45.1. The van der Waals surface area contributed by atoms with Crippen molar-refractivity contribution < 1.29 is 19.5 Å². The molecular formula is C37H51NO4. The van der Waals surface area contributed by atoms with Crippen LogP contribution in [0.15, 0.2) is 47.1 Å². The molecule has 5 nitrogen and oxygen atoms in total. The maximum absolute atomic E-state index is 14.5. The van der Waals surface area contributed by atoms with E-state index in [-0.39, 0.29) is 44.9 Å². The van der Waals surface area contributed by atoms with Gasteiger partial charge in [0.25, 0.3) is 0 Å². The minimum Gasteiger partial charge on any atom is -0.460 e. The van der Waals surface area contributed by atoms with E-state index in [9.17, 15) is 14.8 Å². The summed E-state index contributed by atoms with van der Waals surface area (Å²) in [6, 6.07) is 9.91. The zero-order valence-electron chi connectivity index (χ0n) is 26.9. The van der Waals surface area contributed by atoms with Gasteiger partial charge in [0.15, 0.2) is 5.78 Å². The maximum atomic E-state index is 14.5. The van der Waals surface area contributed by atoms with Crippen molar-refractivity contribution in [2.45, 2.75) is 113 Å². The summed E-state index contributed by atoms with van der Waals surface area (Å²) in [4.78, 5) is 28.2. The standard InChI is InChI=1S/C37H51NO4/c1-32(2)28-13-16-37(7)30(35(28,5)15-14-29(32)38-41)27(39)21-25-26-22-34(4,18-17-33(26,3)19-20-36(25,37)6)31(40)42-23-24-11-9-8-10-12-24/h8-12,21,26,28,30,41H,13-20,22-23H2,1-7H3/b38-29+/t26-,28-,30+,33+,34-,35-,36+,37+/m0/s1. The average molecular weight is 574 g/mol. The first-order valence-corrected chi connectivity index (χ1v) is 16.3. The molecule has 4 saturated carbocycles. The molecule has 228 valence electrons. The number of nitrogens with zero attached hydrogens (tertiary/aromatic N) is 1. The molecule has 0 radical (unpaired) electrons. The van der Waals surface area contributed by atoms with Crippen molar-refractivity contribution in [1.29, 1.82) is 0 Å². The summed E-state index contributed by atoms with van der Waals surface area (Å²) in [7, 11) is 0. The number of benzene rings is 1. The first-order chi connectivity index (χ1) is 19.6. The van der Waals surface area contributed by atoms with Crippen LogP contribution in [0.3, 0.4) is 0 Å². The topological polar surface area (TPSA) is 76.0 Å². The van der Waals surface area contributed by atoms with E-state index in [1.54, 1.807) is 0 Å². The van der Waals surface area contributed by atoms with E-state index in [0.29, 0.717) is 18.3 Å². The smallest absolute Gasteiger partial charge is 0.312 e. The Morgan fingerprint density at radius 2 is 1.64 bits per heavy atom. The lowest BCUT2D eigenvalue weighted by atomic mass is 9.33. The SMILES string of the molecule is CC1(C)/C(=N/O)CC[C@]2(C)[C@H]3C(=O)C=C4[C@@H]5C[C@@](C)(C(=O)OCc6ccccc6)CC[C@]5(C)CC[C@@]4(C)[C@]3(C)CC[C@@H]12. The highest BCUT2D eigenvalue weighted by Crippen LogP contribution is 2.75. The van der Waals surface area contributed by atoms with Gasteiger partial charge in [0.1, 0.15) is 6.61 Å². The Morgan fingerprint density at radius 1 is 0.952 bits per heavy atom. The first-order valence-electron chi connectivity index (χ1n) is 16.3. The second kappa shape index (κ2) is 9.53. The molecule has 5 aliphatic carbocycles. The summed E-state index contributed by atoms with van der Waals surface area (Å²) in [5.74, 6) is 0.637. The molecule has 5 heteroatoms. The van der Waals surface area contributed by atoms with Crippen molar-refractivity contribution in [3.8, 4) is 0 Å². The van der Waals surface area contributed by atoms with E-state index < -0.39 is 5.41 Å². The molecule has 5 aliphatic rings. The zero-order valence-corrected chi connectivity index (χ0v) is 26.9. The molecule has 1 aromatic carbocycles. The number of allylic oxidation sites excluding steroid dienone is 2. The lowest BCUT2D eigenvalue weighted by Crippen LogP contribution is -2.66. The van der Waals surface area contributed by atoms with E-state index >= 15 is 0 Å². The molecule has 6 rings (SSSR count). The van der Waals surface area contributed by atoms with Crippen LogP contribution < -0.4 is 0 Å². The fourth-order valence-electron chi connectivity index (χ4n) is 11.3. The van der Waals surface area contributed by atoms with Crippen molar-refractivity contribution in [1.82, 2.24) is 0 Å². The number of hydrogen-bond donors (Lipinski definition) is 1. The number of ether oxygens (including phenoxy) is 1. The molecule has 0 heterocycles. The highest BCUT2D eigenvalue weighted by atomic mass is 16.5. The monoisotopic (exact) mass is 573 g/mol. The highest BCUT2D eigenvalue weighted by Gasteiger charge is 2.70. The third-order valence-electron chi connectivity index (χ3n) is 14.2. The van der Waals surface area contributed by atoms with Gasteiger partial charge in [-0.25, -0.2) is 0 Å². The van der Waals surface area contributed by atoms with Crippen LogP contribution >= 0.6 is 0 Å². The van der Waals surface area contributed by atoms with Gasteiger partial charge in [-0.05, 0) is 110 Å². The Labute approximate surface area is 252 Å². The van der Waals surface area contributed by atoms with Crippen LogP contribution in [0.4, 0.5) is 0 Å². The third-order valence-corrected chi connectivity index (χ3v) is 14.2. The molecule has 0 amide bonds. The summed E-state index contributed by atoms with van der Waals surface area (Å²) >= 11 is 0. The fourth-order valence-corrected chi connectivity index (χ4v) is 11.3. The predicted molar refractivity (Wildman–Crippen MR) is 165 cm³/mol. The van der Waals surface area contributed by atoms with Gasteiger partial charge in [-0.3, -0.25) is 9.59 Å². The number of hydrogen-bond acceptors (Lipinski definition) is 5. The molecule has 1 aromatic rings. The van der Waals surface area contributed by atoms with E-state index in [1.165, 1.54) is 5.57 Å². The first kappa shape index (κ1) is 29.6. The average Bonchev–Trinajstić information content (AvgIpc) is 2.94. The lowest BCUT2D eigenvalue weighted by Gasteiger charge is -2.70. The number of carbonyl (C=O) groups is 2. The summed E-state index contributed by atoms with van der Waals surface area (Å²) < 4.78 is 5.93. The molecular weight excluding hydrogens is 522 g/mol. The Balaban J connectivity index is 1.34. The van der Waals surface area contributed by atoms with Gasteiger partial charge in [-0.2, -0.15) is 0 Å². The number of carbonyl (C=O) groups excluding carboxylic acids is 2. The molecule has 42 heavy (non-hydrogen) atoms. The van der Waals surface area contributed by atoms with Gasteiger partial charge in [0.2, 0.25) is 0 Å². The summed E-state index contributed by atoms with van der Waals surface area (Å²) in [6.45, 7) is 16.5. The van der Waals surface area contributed by atoms with Crippen molar-refractivity contribution in [3.05, 3.63) is 47.5 Å². The van der Waals surface area contributed by atoms with E-state index in [0.717, 1.165) is 69.1 Å². The zero-order chi connectivity index (χ0) is 30.3. The van der Waals surface area contributed by atoms with Gasteiger partial charge < -0.3 is 9.94 Å². The van der Waals surface area contributed by atoms with E-state index in [2.05, 4.69) is 59.7 Å². The lowest BCUT2D eigenvalue weighted by molar-refractivity contribution is -0.177. The number of esters is 1. The van der Waals surface area contributed by atoms with Crippen LogP contribution in [-0.2, 0) is 20.9 Å². The van der Waals surface area contributed by atoms with Gasteiger partial charge in [0.05, 0.1) is 11.1 Å².